The third-order valence-electron chi connectivity index (χ3n) is 1.58. The number of aliphatic imine (C=N–C) groups is 1. The van der Waals surface area contributed by atoms with Gasteiger partial charge in [0.2, 0.25) is 0 Å². The van der Waals surface area contributed by atoms with Crippen LogP contribution >= 0.6 is 0 Å². The minimum atomic E-state index is 0.950. The first-order valence-electron chi connectivity index (χ1n) is 4.16. The molecule has 1 aromatic rings. The van der Waals surface area contributed by atoms with Gasteiger partial charge in [-0.05, 0) is 11.6 Å². The molecule has 0 unspecified atom stereocenters. The van der Waals surface area contributed by atoms with Crippen molar-refractivity contribution >= 4 is 18.1 Å². The van der Waals surface area contributed by atoms with Gasteiger partial charge in [0.25, 0.3) is 0 Å². The summed E-state index contributed by atoms with van der Waals surface area (Å²) in [4.78, 5) is 6.21. The van der Waals surface area contributed by atoms with E-state index in [2.05, 4.69) is 11.6 Å². The summed E-state index contributed by atoms with van der Waals surface area (Å²) in [6.45, 7) is 3.73. The van der Waals surface area contributed by atoms with E-state index in [1.54, 1.807) is 6.34 Å². The SMILES string of the molecule is C=Cc1ccccc1/N=C\N(C)C. The van der Waals surface area contributed by atoms with Crippen molar-refractivity contribution in [1.82, 2.24) is 4.90 Å². The molecule has 68 valence electrons. The van der Waals surface area contributed by atoms with Crippen LogP contribution in [0.3, 0.4) is 0 Å². The van der Waals surface area contributed by atoms with Crippen LogP contribution < -0.4 is 0 Å². The van der Waals surface area contributed by atoms with Crippen molar-refractivity contribution in [3.63, 3.8) is 0 Å². The average molecular weight is 174 g/mol. The summed E-state index contributed by atoms with van der Waals surface area (Å²) in [6, 6.07) is 7.91. The fraction of sp³-hybridized carbons (Fsp3) is 0.182. The van der Waals surface area contributed by atoms with Gasteiger partial charge in [-0.15, -0.1) is 0 Å². The van der Waals surface area contributed by atoms with Crippen LogP contribution in [-0.2, 0) is 0 Å². The highest BCUT2D eigenvalue weighted by Gasteiger charge is 1.93. The Bertz CT molecular complexity index is 314. The molecule has 2 nitrogen and oxygen atoms in total. The number of benzene rings is 1. The fourth-order valence-corrected chi connectivity index (χ4v) is 0.955. The molecule has 0 aliphatic carbocycles. The number of nitrogens with zero attached hydrogens (tertiary/aromatic N) is 2. The zero-order valence-electron chi connectivity index (χ0n) is 8.07. The highest BCUT2D eigenvalue weighted by atomic mass is 15.1. The molecule has 0 bridgehead atoms. The molecule has 13 heavy (non-hydrogen) atoms. The number of rotatable bonds is 3. The molecule has 0 aromatic heterocycles. The van der Waals surface area contributed by atoms with E-state index < -0.39 is 0 Å². The number of hydrogen-bond acceptors (Lipinski definition) is 1. The van der Waals surface area contributed by atoms with E-state index in [9.17, 15) is 0 Å². The zero-order valence-corrected chi connectivity index (χ0v) is 8.07. The van der Waals surface area contributed by atoms with Crippen molar-refractivity contribution in [1.29, 1.82) is 0 Å². The number of para-hydroxylation sites is 1. The van der Waals surface area contributed by atoms with Gasteiger partial charge in [-0.2, -0.15) is 0 Å². The Morgan fingerprint density at radius 3 is 2.62 bits per heavy atom. The Balaban J connectivity index is 2.93. The Kier molecular flexibility index (Phi) is 3.26. The van der Waals surface area contributed by atoms with Crippen molar-refractivity contribution in [2.75, 3.05) is 14.1 Å². The van der Waals surface area contributed by atoms with Crippen LogP contribution in [0.15, 0.2) is 35.8 Å². The van der Waals surface area contributed by atoms with Crippen molar-refractivity contribution < 1.29 is 0 Å². The van der Waals surface area contributed by atoms with Gasteiger partial charge in [0.05, 0.1) is 12.0 Å². The van der Waals surface area contributed by atoms with Crippen molar-refractivity contribution in [2.45, 2.75) is 0 Å². The van der Waals surface area contributed by atoms with Crippen LogP contribution in [0, 0.1) is 0 Å². The third-order valence-corrected chi connectivity index (χ3v) is 1.58. The second-order valence-corrected chi connectivity index (χ2v) is 2.97. The third kappa shape index (κ3) is 2.75. The molecule has 0 radical (unpaired) electrons. The van der Waals surface area contributed by atoms with E-state index >= 15 is 0 Å². The Morgan fingerprint density at radius 2 is 2.00 bits per heavy atom. The molecule has 1 rings (SSSR count). The second-order valence-electron chi connectivity index (χ2n) is 2.97. The zero-order chi connectivity index (χ0) is 9.68. The van der Waals surface area contributed by atoms with Crippen LogP contribution in [0.25, 0.3) is 6.08 Å². The molecule has 0 N–H and O–H groups in total. The van der Waals surface area contributed by atoms with Crippen LogP contribution in [0.5, 0.6) is 0 Å². The molecule has 0 heterocycles. The Morgan fingerprint density at radius 1 is 1.31 bits per heavy atom. The Hall–Kier alpha value is -1.57. The van der Waals surface area contributed by atoms with Crippen LogP contribution in [0.1, 0.15) is 5.56 Å². The monoisotopic (exact) mass is 174 g/mol. The maximum atomic E-state index is 4.31. The second kappa shape index (κ2) is 4.45. The summed E-state index contributed by atoms with van der Waals surface area (Å²) in [7, 11) is 3.89. The normalized spacial score (nSPS) is 10.3. The molecule has 0 saturated heterocycles. The highest BCUT2D eigenvalue weighted by molar-refractivity contribution is 5.68. The van der Waals surface area contributed by atoms with Crippen molar-refractivity contribution in [2.24, 2.45) is 4.99 Å². The van der Waals surface area contributed by atoms with Crippen molar-refractivity contribution in [3.05, 3.63) is 36.4 Å². The molecule has 2 heteroatoms. The maximum absolute atomic E-state index is 4.31. The molecule has 0 amide bonds. The smallest absolute Gasteiger partial charge is 0.0907 e. The summed E-state index contributed by atoms with van der Waals surface area (Å²) in [5.74, 6) is 0. The van der Waals surface area contributed by atoms with E-state index in [0.717, 1.165) is 11.3 Å². The molecular weight excluding hydrogens is 160 g/mol. The van der Waals surface area contributed by atoms with E-state index in [1.165, 1.54) is 0 Å². The summed E-state index contributed by atoms with van der Waals surface area (Å²) in [6.07, 6.45) is 3.59. The van der Waals surface area contributed by atoms with Crippen molar-refractivity contribution in [3.8, 4) is 0 Å². The molecule has 0 fully saturated rings. The lowest BCUT2D eigenvalue weighted by Crippen LogP contribution is -2.07. The fourth-order valence-electron chi connectivity index (χ4n) is 0.955. The van der Waals surface area contributed by atoms with Gasteiger partial charge in [0, 0.05) is 14.1 Å². The minimum absolute atomic E-state index is 0.950. The van der Waals surface area contributed by atoms with Gasteiger partial charge < -0.3 is 4.90 Å². The molecule has 0 aliphatic heterocycles. The minimum Gasteiger partial charge on any atom is -0.369 e. The largest absolute Gasteiger partial charge is 0.369 e. The first-order chi connectivity index (χ1) is 6.24. The van der Waals surface area contributed by atoms with Gasteiger partial charge in [-0.1, -0.05) is 30.9 Å². The molecule has 0 atom stereocenters. The van der Waals surface area contributed by atoms with E-state index in [-0.39, 0.29) is 0 Å². The summed E-state index contributed by atoms with van der Waals surface area (Å²) >= 11 is 0. The van der Waals surface area contributed by atoms with Crippen LogP contribution in [0.4, 0.5) is 5.69 Å². The molecule has 0 aliphatic rings. The van der Waals surface area contributed by atoms with Gasteiger partial charge in [0.15, 0.2) is 0 Å². The predicted octanol–water partition coefficient (Wildman–Crippen LogP) is 2.55. The van der Waals surface area contributed by atoms with Gasteiger partial charge in [0.1, 0.15) is 0 Å². The summed E-state index contributed by atoms with van der Waals surface area (Å²) in [5.41, 5.74) is 2.01. The van der Waals surface area contributed by atoms with Crippen LogP contribution in [0.2, 0.25) is 0 Å². The van der Waals surface area contributed by atoms with Crippen LogP contribution in [-0.4, -0.2) is 25.3 Å². The summed E-state index contributed by atoms with van der Waals surface area (Å²) in [5, 5.41) is 0. The lowest BCUT2D eigenvalue weighted by molar-refractivity contribution is 0.643. The van der Waals surface area contributed by atoms with Gasteiger partial charge >= 0.3 is 0 Å². The predicted molar refractivity (Wildman–Crippen MR) is 58.4 cm³/mol. The lowest BCUT2D eigenvalue weighted by Gasteiger charge is -2.03. The van der Waals surface area contributed by atoms with Gasteiger partial charge in [-0.3, -0.25) is 0 Å². The van der Waals surface area contributed by atoms with Gasteiger partial charge in [-0.25, -0.2) is 4.99 Å². The topological polar surface area (TPSA) is 15.6 Å². The number of hydrogen-bond donors (Lipinski definition) is 0. The molecular formula is C11H14N2. The maximum Gasteiger partial charge on any atom is 0.0907 e. The quantitative estimate of drug-likeness (QED) is 0.508. The molecule has 0 saturated carbocycles. The molecule has 1 aromatic carbocycles. The highest BCUT2D eigenvalue weighted by Crippen LogP contribution is 2.18. The lowest BCUT2D eigenvalue weighted by atomic mass is 10.2. The first kappa shape index (κ1) is 9.52. The standard InChI is InChI=1S/C11H14N2/c1-4-10-7-5-6-8-11(10)12-9-13(2)3/h4-9H,1H2,2-3H3/b12-9-. The Labute approximate surface area is 79.2 Å². The average Bonchev–Trinajstić information content (AvgIpc) is 2.15. The first-order valence-corrected chi connectivity index (χ1v) is 4.16. The van der Waals surface area contributed by atoms with E-state index in [0.29, 0.717) is 0 Å². The molecule has 0 spiro atoms. The van der Waals surface area contributed by atoms with E-state index in [1.807, 2.05) is 49.3 Å². The van der Waals surface area contributed by atoms with E-state index in [4.69, 9.17) is 0 Å². The summed E-state index contributed by atoms with van der Waals surface area (Å²) < 4.78 is 0.